The van der Waals surface area contributed by atoms with Gasteiger partial charge in [-0.15, -0.1) is 0 Å². The number of rotatable bonds is 13. The molecule has 2 aromatic rings. The van der Waals surface area contributed by atoms with Crippen LogP contribution in [-0.2, 0) is 12.8 Å². The van der Waals surface area contributed by atoms with Crippen LogP contribution in [0.25, 0.3) is 0 Å². The Bertz CT molecular complexity index is 1120. The number of hydrogen-bond donors (Lipinski definition) is 0. The van der Waals surface area contributed by atoms with E-state index in [4.69, 9.17) is 15.1 Å². The number of benzene rings is 1. The van der Waals surface area contributed by atoms with Crippen molar-refractivity contribution < 1.29 is 0 Å². The zero-order valence-corrected chi connectivity index (χ0v) is 22.7. The molecule has 0 saturated heterocycles. The zero-order chi connectivity index (χ0) is 25.4. The number of aliphatic imine (C=N–C) groups is 1. The van der Waals surface area contributed by atoms with Gasteiger partial charge in [-0.05, 0) is 76.6 Å². The molecular formula is C29H43N5O. The fourth-order valence-corrected chi connectivity index (χ4v) is 4.68. The number of aryl methyl sites for hydroxylation is 2. The van der Waals surface area contributed by atoms with E-state index < -0.39 is 0 Å². The highest BCUT2D eigenvalue weighted by Gasteiger charge is 2.28. The van der Waals surface area contributed by atoms with E-state index >= 15 is 0 Å². The summed E-state index contributed by atoms with van der Waals surface area (Å²) in [4.78, 5) is 26.0. The minimum Gasteiger partial charge on any atom is -0.372 e. The van der Waals surface area contributed by atoms with Crippen LogP contribution in [0.1, 0.15) is 102 Å². The van der Waals surface area contributed by atoms with E-state index in [-0.39, 0.29) is 5.56 Å². The van der Waals surface area contributed by atoms with E-state index in [0.29, 0.717) is 5.82 Å². The lowest BCUT2D eigenvalue weighted by molar-refractivity contribution is 0.703. The third kappa shape index (κ3) is 6.09. The van der Waals surface area contributed by atoms with E-state index in [2.05, 4.69) is 64.6 Å². The maximum atomic E-state index is 13.5. The Balaban J connectivity index is 2.12. The van der Waals surface area contributed by atoms with Gasteiger partial charge >= 0.3 is 0 Å². The highest BCUT2D eigenvalue weighted by atomic mass is 16.1. The summed E-state index contributed by atoms with van der Waals surface area (Å²) in [5.74, 6) is 0.609. The van der Waals surface area contributed by atoms with Crippen molar-refractivity contribution in [1.29, 1.82) is 0 Å². The summed E-state index contributed by atoms with van der Waals surface area (Å²) in [7, 11) is 0. The lowest BCUT2D eigenvalue weighted by Gasteiger charge is -2.21. The molecule has 0 radical (unpaired) electrons. The summed E-state index contributed by atoms with van der Waals surface area (Å²) >= 11 is 0. The van der Waals surface area contributed by atoms with Crippen molar-refractivity contribution in [2.45, 2.75) is 99.3 Å². The fourth-order valence-electron chi connectivity index (χ4n) is 4.68. The molecule has 6 heteroatoms. The zero-order valence-electron chi connectivity index (χ0n) is 22.7. The SMILES string of the molecule is CCCCCC1=Nn2c(nc(CCC)c(CCCC)c2=O)C1=Nc1ccc(N(CC)CC)cc1C. The minimum atomic E-state index is -0.0151. The Labute approximate surface area is 211 Å². The predicted octanol–water partition coefficient (Wildman–Crippen LogP) is 6.61. The van der Waals surface area contributed by atoms with E-state index in [1.807, 2.05) is 0 Å². The number of unbranched alkanes of at least 4 members (excludes halogenated alkanes) is 3. The molecule has 0 aliphatic carbocycles. The summed E-state index contributed by atoms with van der Waals surface area (Å²) in [6.45, 7) is 14.9. The molecule has 1 aliphatic heterocycles. The lowest BCUT2D eigenvalue weighted by Crippen LogP contribution is -2.27. The van der Waals surface area contributed by atoms with Gasteiger partial charge in [-0.25, -0.2) is 9.98 Å². The Morgan fingerprint density at radius 1 is 0.914 bits per heavy atom. The van der Waals surface area contributed by atoms with Gasteiger partial charge in [-0.2, -0.15) is 9.78 Å². The topological polar surface area (TPSA) is 62.9 Å². The third-order valence-corrected chi connectivity index (χ3v) is 6.77. The third-order valence-electron chi connectivity index (χ3n) is 6.77. The Morgan fingerprint density at radius 3 is 2.29 bits per heavy atom. The van der Waals surface area contributed by atoms with E-state index in [0.717, 1.165) is 105 Å². The summed E-state index contributed by atoms with van der Waals surface area (Å²) in [6, 6.07) is 6.42. The molecule has 0 saturated carbocycles. The maximum absolute atomic E-state index is 13.5. The van der Waals surface area contributed by atoms with Crippen LogP contribution in [0.5, 0.6) is 0 Å². The minimum absolute atomic E-state index is 0.0151. The molecule has 0 fully saturated rings. The van der Waals surface area contributed by atoms with Crippen LogP contribution in [0.15, 0.2) is 33.1 Å². The summed E-state index contributed by atoms with van der Waals surface area (Å²) in [5.41, 5.74) is 6.61. The van der Waals surface area contributed by atoms with Crippen molar-refractivity contribution in [2.75, 3.05) is 18.0 Å². The average Bonchev–Trinajstić information content (AvgIpc) is 3.19. The van der Waals surface area contributed by atoms with Gasteiger partial charge in [0.05, 0.1) is 17.1 Å². The first-order valence-corrected chi connectivity index (χ1v) is 13.7. The van der Waals surface area contributed by atoms with Gasteiger partial charge in [-0.1, -0.05) is 46.5 Å². The standard InChI is InChI=1S/C29H43N5O/c1-7-12-14-17-26-27(30-24-19-18-22(20-21(24)6)33(10-4)11-5)28-31-25(15-9-3)23(16-13-8-2)29(35)34(28)32-26/h18-20H,7-17H2,1-6H3. The largest absolute Gasteiger partial charge is 0.372 e. The van der Waals surface area contributed by atoms with E-state index in [9.17, 15) is 4.79 Å². The number of hydrogen-bond acceptors (Lipinski definition) is 5. The van der Waals surface area contributed by atoms with Crippen molar-refractivity contribution in [3.63, 3.8) is 0 Å². The van der Waals surface area contributed by atoms with Crippen LogP contribution in [0.3, 0.4) is 0 Å². The van der Waals surface area contributed by atoms with Crippen LogP contribution in [0.2, 0.25) is 0 Å². The number of aromatic nitrogens is 2. The van der Waals surface area contributed by atoms with Crippen LogP contribution in [-0.4, -0.2) is 34.2 Å². The van der Waals surface area contributed by atoms with Crippen LogP contribution < -0.4 is 10.5 Å². The number of fused-ring (bicyclic) bond motifs is 1. The Hall–Kier alpha value is -2.76. The summed E-state index contributed by atoms with van der Waals surface area (Å²) in [5, 5.41) is 4.79. The molecule has 0 bridgehead atoms. The van der Waals surface area contributed by atoms with Crippen LogP contribution in [0, 0.1) is 6.92 Å². The molecule has 0 atom stereocenters. The van der Waals surface area contributed by atoms with Gasteiger partial charge in [0, 0.05) is 24.3 Å². The quantitative estimate of drug-likeness (QED) is 0.305. The smallest absolute Gasteiger partial charge is 0.277 e. The molecule has 0 amide bonds. The van der Waals surface area contributed by atoms with Crippen molar-refractivity contribution in [3.05, 3.63) is 51.2 Å². The molecular weight excluding hydrogens is 434 g/mol. The van der Waals surface area contributed by atoms with Gasteiger partial charge in [-0.3, -0.25) is 4.79 Å². The van der Waals surface area contributed by atoms with Crippen molar-refractivity contribution >= 4 is 22.8 Å². The van der Waals surface area contributed by atoms with Gasteiger partial charge in [0.25, 0.3) is 5.56 Å². The monoisotopic (exact) mass is 477 g/mol. The van der Waals surface area contributed by atoms with Crippen molar-refractivity contribution in [3.8, 4) is 0 Å². The second-order valence-corrected chi connectivity index (χ2v) is 9.44. The molecule has 190 valence electrons. The van der Waals surface area contributed by atoms with Gasteiger partial charge in [0.1, 0.15) is 5.71 Å². The fraction of sp³-hybridized carbons (Fsp3) is 0.586. The molecule has 0 N–H and O–H groups in total. The highest BCUT2D eigenvalue weighted by Crippen LogP contribution is 2.27. The first-order chi connectivity index (χ1) is 17.0. The first-order valence-electron chi connectivity index (χ1n) is 13.7. The molecule has 35 heavy (non-hydrogen) atoms. The first kappa shape index (κ1) is 26.8. The molecule has 1 aromatic heterocycles. The Morgan fingerprint density at radius 2 is 1.66 bits per heavy atom. The molecule has 2 heterocycles. The molecule has 3 rings (SSSR count). The summed E-state index contributed by atoms with van der Waals surface area (Å²) < 4.78 is 1.53. The van der Waals surface area contributed by atoms with Crippen molar-refractivity contribution in [2.24, 2.45) is 10.1 Å². The average molecular weight is 478 g/mol. The molecule has 1 aliphatic rings. The normalized spacial score (nSPS) is 13.9. The second-order valence-electron chi connectivity index (χ2n) is 9.44. The van der Waals surface area contributed by atoms with Gasteiger partial charge in [0.2, 0.25) is 0 Å². The maximum Gasteiger partial charge on any atom is 0.277 e. The van der Waals surface area contributed by atoms with Gasteiger partial charge in [0.15, 0.2) is 5.82 Å². The molecule has 0 spiro atoms. The number of anilines is 1. The van der Waals surface area contributed by atoms with E-state index in [1.165, 1.54) is 10.4 Å². The highest BCUT2D eigenvalue weighted by molar-refractivity contribution is 6.49. The predicted molar refractivity (Wildman–Crippen MR) is 149 cm³/mol. The Kier molecular flexibility index (Phi) is 9.82. The van der Waals surface area contributed by atoms with Crippen molar-refractivity contribution in [1.82, 2.24) is 9.66 Å². The lowest BCUT2D eigenvalue weighted by atomic mass is 10.0. The van der Waals surface area contributed by atoms with Crippen LogP contribution >= 0.6 is 0 Å². The second kappa shape index (κ2) is 12.8. The number of nitrogens with zero attached hydrogens (tertiary/aromatic N) is 5. The summed E-state index contributed by atoms with van der Waals surface area (Å²) in [6.07, 6.45) is 8.66. The van der Waals surface area contributed by atoms with Crippen LogP contribution in [0.4, 0.5) is 11.4 Å². The molecule has 1 aromatic carbocycles. The van der Waals surface area contributed by atoms with E-state index in [1.54, 1.807) is 0 Å². The van der Waals surface area contributed by atoms with Gasteiger partial charge < -0.3 is 4.90 Å². The molecule has 6 nitrogen and oxygen atoms in total. The molecule has 0 unspecified atom stereocenters.